The fraction of sp³-hybridized carbons (Fsp3) is 0.346. The van der Waals surface area contributed by atoms with Crippen molar-refractivity contribution in [2.75, 3.05) is 38.2 Å². The molecule has 2 aromatic carbocycles. The third-order valence-corrected chi connectivity index (χ3v) is 5.93. The van der Waals surface area contributed by atoms with E-state index in [4.69, 9.17) is 16.3 Å². The van der Waals surface area contributed by atoms with Crippen LogP contribution in [0.15, 0.2) is 48.7 Å². The summed E-state index contributed by atoms with van der Waals surface area (Å²) < 4.78 is 44.6. The Labute approximate surface area is 223 Å². The molecule has 12 heteroatoms. The van der Waals surface area contributed by atoms with Gasteiger partial charge in [0.25, 0.3) is 0 Å². The zero-order valence-corrected chi connectivity index (χ0v) is 21.3. The van der Waals surface area contributed by atoms with E-state index in [1.165, 1.54) is 36.5 Å². The lowest BCUT2D eigenvalue weighted by atomic mass is 10.1. The number of nitrogens with one attached hydrogen (secondary N) is 4. The molecule has 38 heavy (non-hydrogen) atoms. The molecular weight excluding hydrogens is 523 g/mol. The standard InChI is InChI=1S/C26H29ClF3N5O3/c27-25-18(3-1-5-22(25)30)13-32-15-24(36)34-21(4-2-9-31-10-8-28)16-38-26(37)35-23-12-19-11-20(29)7-6-17(19)14-33-23/h1,3,5-7,11-12,14,21,31-32H,2,4,8-10,13,15-16H2,(H,34,36)(H,33,35,37)/t21-/m0/s1. The number of nitrogens with zero attached hydrogens (tertiary/aromatic N) is 1. The second-order valence-electron chi connectivity index (χ2n) is 8.45. The Morgan fingerprint density at radius 3 is 2.71 bits per heavy atom. The Kier molecular flexibility index (Phi) is 11.6. The molecule has 204 valence electrons. The van der Waals surface area contributed by atoms with Crippen LogP contribution < -0.4 is 21.3 Å². The van der Waals surface area contributed by atoms with Crippen molar-refractivity contribution in [1.29, 1.82) is 0 Å². The van der Waals surface area contributed by atoms with Gasteiger partial charge in [0.2, 0.25) is 5.91 Å². The summed E-state index contributed by atoms with van der Waals surface area (Å²) in [5, 5.41) is 12.4. The number of hydrogen-bond acceptors (Lipinski definition) is 6. The third kappa shape index (κ3) is 9.47. The fourth-order valence-electron chi connectivity index (χ4n) is 3.63. The smallest absolute Gasteiger partial charge is 0.412 e. The third-order valence-electron chi connectivity index (χ3n) is 5.50. The topological polar surface area (TPSA) is 104 Å². The van der Waals surface area contributed by atoms with E-state index in [0.717, 1.165) is 0 Å². The summed E-state index contributed by atoms with van der Waals surface area (Å²) in [7, 11) is 0. The van der Waals surface area contributed by atoms with Crippen LogP contribution in [0.3, 0.4) is 0 Å². The number of fused-ring (bicyclic) bond motifs is 1. The maximum Gasteiger partial charge on any atom is 0.412 e. The van der Waals surface area contributed by atoms with Gasteiger partial charge >= 0.3 is 6.09 Å². The zero-order valence-electron chi connectivity index (χ0n) is 20.5. The molecular formula is C26H29ClF3N5O3. The van der Waals surface area contributed by atoms with Gasteiger partial charge in [0.1, 0.15) is 30.7 Å². The number of anilines is 1. The molecule has 0 aliphatic carbocycles. The van der Waals surface area contributed by atoms with E-state index in [1.54, 1.807) is 12.1 Å². The molecule has 0 bridgehead atoms. The monoisotopic (exact) mass is 551 g/mol. The van der Waals surface area contributed by atoms with Crippen LogP contribution in [-0.4, -0.2) is 55.9 Å². The molecule has 0 spiro atoms. The average molecular weight is 552 g/mol. The van der Waals surface area contributed by atoms with Crippen LogP contribution in [0.25, 0.3) is 10.8 Å². The van der Waals surface area contributed by atoms with Crippen LogP contribution in [0.2, 0.25) is 5.02 Å². The summed E-state index contributed by atoms with van der Waals surface area (Å²) in [6, 6.07) is 9.65. The first kappa shape index (κ1) is 29.2. The first-order valence-corrected chi connectivity index (χ1v) is 12.4. The molecule has 8 nitrogen and oxygen atoms in total. The van der Waals surface area contributed by atoms with Crippen molar-refractivity contribution in [3.63, 3.8) is 0 Å². The van der Waals surface area contributed by atoms with Gasteiger partial charge in [-0.25, -0.2) is 22.9 Å². The highest BCUT2D eigenvalue weighted by Crippen LogP contribution is 2.19. The number of pyridine rings is 1. The Hall–Kier alpha value is -3.41. The molecule has 3 rings (SSSR count). The number of ether oxygens (including phenoxy) is 1. The van der Waals surface area contributed by atoms with Gasteiger partial charge in [-0.2, -0.15) is 0 Å². The summed E-state index contributed by atoms with van der Waals surface area (Å²) in [5.41, 5.74) is 0.514. The molecule has 0 aliphatic heterocycles. The molecule has 0 saturated carbocycles. The Bertz CT molecular complexity index is 1230. The predicted molar refractivity (Wildman–Crippen MR) is 140 cm³/mol. The van der Waals surface area contributed by atoms with E-state index in [0.29, 0.717) is 35.7 Å². The number of carbonyl (C=O) groups is 2. The number of halogens is 4. The van der Waals surface area contributed by atoms with Crippen LogP contribution in [0.1, 0.15) is 18.4 Å². The first-order valence-electron chi connectivity index (χ1n) is 12.0. The Morgan fingerprint density at radius 2 is 1.89 bits per heavy atom. The number of amides is 2. The zero-order chi connectivity index (χ0) is 27.3. The molecule has 0 fully saturated rings. The van der Waals surface area contributed by atoms with Crippen LogP contribution in [0.5, 0.6) is 0 Å². The highest BCUT2D eigenvalue weighted by molar-refractivity contribution is 6.31. The van der Waals surface area contributed by atoms with Crippen molar-refractivity contribution in [1.82, 2.24) is 20.9 Å². The van der Waals surface area contributed by atoms with E-state index < -0.39 is 30.4 Å². The lowest BCUT2D eigenvalue weighted by Gasteiger charge is -2.19. The van der Waals surface area contributed by atoms with E-state index in [2.05, 4.69) is 26.3 Å². The lowest BCUT2D eigenvalue weighted by molar-refractivity contribution is -0.121. The summed E-state index contributed by atoms with van der Waals surface area (Å²) in [4.78, 5) is 28.9. The second-order valence-corrected chi connectivity index (χ2v) is 8.82. The molecule has 3 aromatic rings. The molecule has 1 atom stereocenters. The molecule has 2 amide bonds. The highest BCUT2D eigenvalue weighted by Gasteiger charge is 2.16. The normalized spacial score (nSPS) is 11.8. The molecule has 1 heterocycles. The molecule has 0 unspecified atom stereocenters. The Morgan fingerprint density at radius 1 is 1.05 bits per heavy atom. The Balaban J connectivity index is 1.50. The van der Waals surface area contributed by atoms with Gasteiger partial charge in [-0.3, -0.25) is 10.1 Å². The van der Waals surface area contributed by atoms with Gasteiger partial charge in [0.15, 0.2) is 0 Å². The second kappa shape index (κ2) is 15.1. The van der Waals surface area contributed by atoms with E-state index in [1.807, 2.05) is 0 Å². The summed E-state index contributed by atoms with van der Waals surface area (Å²) in [6.07, 6.45) is 1.77. The minimum atomic E-state index is -0.790. The highest BCUT2D eigenvalue weighted by atomic mass is 35.5. The van der Waals surface area contributed by atoms with Crippen LogP contribution in [-0.2, 0) is 16.1 Å². The van der Waals surface area contributed by atoms with Crippen molar-refractivity contribution in [3.8, 4) is 0 Å². The van der Waals surface area contributed by atoms with Crippen LogP contribution >= 0.6 is 11.6 Å². The summed E-state index contributed by atoms with van der Waals surface area (Å²) in [5.74, 6) is -1.13. The van der Waals surface area contributed by atoms with Gasteiger partial charge in [-0.1, -0.05) is 23.7 Å². The van der Waals surface area contributed by atoms with E-state index in [-0.39, 0.29) is 43.0 Å². The predicted octanol–water partition coefficient (Wildman–Crippen LogP) is 4.33. The van der Waals surface area contributed by atoms with Gasteiger partial charge in [-0.05, 0) is 60.7 Å². The van der Waals surface area contributed by atoms with Crippen LogP contribution in [0.4, 0.5) is 23.8 Å². The summed E-state index contributed by atoms with van der Waals surface area (Å²) >= 11 is 5.93. The van der Waals surface area contributed by atoms with Gasteiger partial charge in [-0.15, -0.1) is 0 Å². The number of carbonyl (C=O) groups excluding carboxylic acids is 2. The summed E-state index contributed by atoms with van der Waals surface area (Å²) in [6.45, 7) is 0.247. The minimum Gasteiger partial charge on any atom is -0.447 e. The molecule has 1 aromatic heterocycles. The van der Waals surface area contributed by atoms with E-state index >= 15 is 0 Å². The maximum absolute atomic E-state index is 13.6. The van der Waals surface area contributed by atoms with Gasteiger partial charge < -0.3 is 20.7 Å². The first-order chi connectivity index (χ1) is 18.4. The number of hydrogen-bond donors (Lipinski definition) is 4. The maximum atomic E-state index is 13.6. The largest absolute Gasteiger partial charge is 0.447 e. The number of alkyl halides is 1. The molecule has 0 saturated heterocycles. The van der Waals surface area contributed by atoms with Crippen LogP contribution in [0, 0.1) is 11.6 Å². The van der Waals surface area contributed by atoms with Crippen molar-refractivity contribution >= 4 is 40.2 Å². The average Bonchev–Trinajstić information content (AvgIpc) is 2.89. The minimum absolute atomic E-state index is 0.00971. The number of aromatic nitrogens is 1. The fourth-order valence-corrected chi connectivity index (χ4v) is 3.83. The SMILES string of the molecule is O=C(CNCc1cccc(F)c1Cl)N[C@@H](CCCNCCF)COC(=O)Nc1cc2cc(F)ccc2cn1. The number of benzene rings is 2. The van der Waals surface area contributed by atoms with Crippen molar-refractivity contribution in [2.24, 2.45) is 0 Å². The van der Waals surface area contributed by atoms with Crippen molar-refractivity contribution < 1.29 is 27.5 Å². The molecule has 4 N–H and O–H groups in total. The number of rotatable bonds is 14. The van der Waals surface area contributed by atoms with Crippen molar-refractivity contribution in [3.05, 3.63) is 70.9 Å². The van der Waals surface area contributed by atoms with Crippen molar-refractivity contribution in [2.45, 2.75) is 25.4 Å². The molecule has 0 radical (unpaired) electrons. The molecule has 0 aliphatic rings. The van der Waals surface area contributed by atoms with Gasteiger partial charge in [0, 0.05) is 24.7 Å². The van der Waals surface area contributed by atoms with E-state index in [9.17, 15) is 22.8 Å². The lowest BCUT2D eigenvalue weighted by Crippen LogP contribution is -2.43. The quantitative estimate of drug-likeness (QED) is 0.222. The van der Waals surface area contributed by atoms with Gasteiger partial charge in [0.05, 0.1) is 17.6 Å².